The van der Waals surface area contributed by atoms with Gasteiger partial charge in [-0.15, -0.1) is 0 Å². The number of fused-ring (bicyclic) bond motifs is 1. The molecule has 1 saturated heterocycles. The molecule has 1 aromatic heterocycles. The summed E-state index contributed by atoms with van der Waals surface area (Å²) in [6, 6.07) is 1.81. The van der Waals surface area contributed by atoms with Crippen molar-refractivity contribution in [3.05, 3.63) is 35.3 Å². The minimum atomic E-state index is -0.667. The highest BCUT2D eigenvalue weighted by Gasteiger charge is 2.32. The Hall–Kier alpha value is -4.36. The van der Waals surface area contributed by atoms with E-state index in [4.69, 9.17) is 34.2 Å². The number of ether oxygens (including phenoxy) is 6. The Morgan fingerprint density at radius 1 is 0.830 bits per heavy atom. The van der Waals surface area contributed by atoms with Gasteiger partial charge in [0.2, 0.25) is 5.91 Å². The fourth-order valence-corrected chi connectivity index (χ4v) is 4.49. The van der Waals surface area contributed by atoms with E-state index in [1.54, 1.807) is 76.2 Å². The van der Waals surface area contributed by atoms with Gasteiger partial charge in [-0.2, -0.15) is 0 Å². The molecule has 0 saturated carbocycles. The van der Waals surface area contributed by atoms with Crippen LogP contribution in [-0.2, 0) is 49.2 Å². The van der Waals surface area contributed by atoms with Crippen molar-refractivity contribution in [2.45, 2.75) is 91.0 Å². The van der Waals surface area contributed by atoms with Gasteiger partial charge in [-0.25, -0.2) is 19.4 Å². The Morgan fingerprint density at radius 3 is 1.83 bits per heavy atom. The Kier molecular flexibility index (Phi) is 19.9. The number of aromatic amines is 1. The van der Waals surface area contributed by atoms with Crippen LogP contribution < -0.4 is 16.4 Å². The van der Waals surface area contributed by atoms with Gasteiger partial charge >= 0.3 is 12.2 Å². The van der Waals surface area contributed by atoms with Crippen molar-refractivity contribution in [1.29, 1.82) is 0 Å². The van der Waals surface area contributed by atoms with E-state index in [-0.39, 0.29) is 56.1 Å². The van der Waals surface area contributed by atoms with Gasteiger partial charge in [-0.3, -0.25) is 19.2 Å². The lowest BCUT2D eigenvalue weighted by atomic mass is 10.1. The molecule has 53 heavy (non-hydrogen) atoms. The summed E-state index contributed by atoms with van der Waals surface area (Å²) in [5.41, 5.74) is 6.50. The smallest absolute Gasteiger partial charge is 0.417 e. The molecule has 1 aromatic rings. The van der Waals surface area contributed by atoms with Gasteiger partial charge in [-0.1, -0.05) is 0 Å². The number of amides is 5. The van der Waals surface area contributed by atoms with Crippen LogP contribution in [0.2, 0.25) is 0 Å². The molecule has 0 spiro atoms. The van der Waals surface area contributed by atoms with E-state index in [9.17, 15) is 28.8 Å². The van der Waals surface area contributed by atoms with Gasteiger partial charge in [0.15, 0.2) is 12.6 Å². The summed E-state index contributed by atoms with van der Waals surface area (Å²) < 4.78 is 29.7. The number of carbonyl (C=O) groups is 6. The first-order chi connectivity index (χ1) is 24.8. The molecule has 0 aromatic carbocycles. The summed E-state index contributed by atoms with van der Waals surface area (Å²) in [7, 11) is 6.20. The van der Waals surface area contributed by atoms with Gasteiger partial charge in [-0.05, 0) is 47.6 Å². The molecule has 1 fully saturated rings. The number of H-pyrrole nitrogens is 1. The average molecular weight is 755 g/mol. The number of ketones is 1. The van der Waals surface area contributed by atoms with Crippen LogP contribution in [0.5, 0.6) is 0 Å². The van der Waals surface area contributed by atoms with Crippen molar-refractivity contribution < 1.29 is 57.2 Å². The molecule has 4 rings (SSSR count). The number of carbonyl (C=O) groups excluding carboxylic acids is 6. The third-order valence-corrected chi connectivity index (χ3v) is 7.14. The van der Waals surface area contributed by atoms with Crippen LogP contribution in [0.25, 0.3) is 0 Å². The molecule has 300 valence electrons. The number of aromatic nitrogens is 1. The monoisotopic (exact) mass is 754 g/mol. The van der Waals surface area contributed by atoms with Crippen LogP contribution in [0, 0.1) is 0 Å². The van der Waals surface area contributed by atoms with Crippen molar-refractivity contribution in [3.8, 4) is 0 Å². The lowest BCUT2D eigenvalue weighted by Crippen LogP contribution is -2.45. The molecule has 0 atom stereocenters. The second-order valence-electron chi connectivity index (χ2n) is 13.7. The first kappa shape index (κ1) is 46.7. The SMILES string of the molecule is CC(C)(C)OC(=O)N1CCC(=O)CC1=O.COC(CN)OC.COC(CNC1=CC(=O)N(C(=O)OC(C)(C)C)CC1)OC.O=C1NCCc2[nH]ccc21. The minimum absolute atomic E-state index is 0.0440. The maximum atomic E-state index is 12.0. The molecule has 0 radical (unpaired) electrons. The number of methoxy groups -OCH3 is 4. The highest BCUT2D eigenvalue weighted by Crippen LogP contribution is 2.16. The molecule has 3 aliphatic rings. The average Bonchev–Trinajstić information content (AvgIpc) is 3.56. The number of nitrogens with two attached hydrogens (primary N) is 1. The molecule has 18 heteroatoms. The van der Waals surface area contributed by atoms with E-state index in [0.717, 1.165) is 39.7 Å². The summed E-state index contributed by atoms with van der Waals surface area (Å²) in [4.78, 5) is 73.7. The van der Waals surface area contributed by atoms with Gasteiger partial charge < -0.3 is 49.8 Å². The fourth-order valence-electron chi connectivity index (χ4n) is 4.49. The molecule has 18 nitrogen and oxygen atoms in total. The lowest BCUT2D eigenvalue weighted by Gasteiger charge is -2.28. The number of nitrogens with one attached hydrogen (secondary N) is 3. The number of imide groups is 2. The van der Waals surface area contributed by atoms with Crippen LogP contribution in [0.3, 0.4) is 0 Å². The summed E-state index contributed by atoms with van der Waals surface area (Å²) in [5, 5.41) is 5.84. The van der Waals surface area contributed by atoms with E-state index in [1.807, 2.05) is 6.07 Å². The molecule has 4 heterocycles. The molecule has 5 amide bonds. The maximum absolute atomic E-state index is 12.0. The first-order valence-corrected chi connectivity index (χ1v) is 17.1. The lowest BCUT2D eigenvalue weighted by molar-refractivity contribution is -0.138. The van der Waals surface area contributed by atoms with E-state index in [1.165, 1.54) is 6.08 Å². The Morgan fingerprint density at radius 2 is 1.38 bits per heavy atom. The zero-order chi connectivity index (χ0) is 40.4. The van der Waals surface area contributed by atoms with E-state index >= 15 is 0 Å². The van der Waals surface area contributed by atoms with Gasteiger partial charge in [0, 0.05) is 97.5 Å². The normalized spacial score (nSPS) is 15.8. The minimum Gasteiger partial charge on any atom is -0.443 e. The number of piperidine rings is 1. The predicted molar refractivity (Wildman–Crippen MR) is 192 cm³/mol. The largest absolute Gasteiger partial charge is 0.443 e. The number of likely N-dealkylation sites (tertiary alicyclic amines) is 1. The first-order valence-electron chi connectivity index (χ1n) is 17.1. The Balaban J connectivity index is 0.000000381. The Bertz CT molecular complexity index is 1380. The zero-order valence-electron chi connectivity index (χ0n) is 32.6. The maximum Gasteiger partial charge on any atom is 0.417 e. The topological polar surface area (TPSA) is 230 Å². The van der Waals surface area contributed by atoms with Crippen molar-refractivity contribution in [1.82, 2.24) is 25.4 Å². The summed E-state index contributed by atoms with van der Waals surface area (Å²) in [5.74, 6) is -0.938. The molecular weight excluding hydrogens is 696 g/mol. The van der Waals surface area contributed by atoms with Crippen molar-refractivity contribution in [2.75, 3.05) is 61.2 Å². The standard InChI is InChI=1S/C14H24N2O5.C10H15NO4.C7H8N2O.C4H11NO2/c1-14(2,3)21-13(18)16-7-6-10(8-11(16)17)15-9-12(19-4)20-5;1-10(2,3)15-9(14)11-5-4-7(12)6-8(11)13;10-7-5-1-3-8-6(5)2-4-9-7;1-6-4(3-5)7-2/h8,12,15H,6-7,9H2,1-5H3;4-6H2,1-3H3;1,3,8H,2,4H2,(H,9,10);4H,3,5H2,1-2H3. The zero-order valence-corrected chi connectivity index (χ0v) is 32.6. The predicted octanol–water partition coefficient (Wildman–Crippen LogP) is 2.22. The van der Waals surface area contributed by atoms with Crippen molar-refractivity contribution in [3.63, 3.8) is 0 Å². The quantitative estimate of drug-likeness (QED) is 0.220. The van der Waals surface area contributed by atoms with Gasteiger partial charge in [0.05, 0.1) is 18.5 Å². The molecular formula is C35H58N6O12. The molecule has 0 unspecified atom stereocenters. The fraction of sp³-hybridized carbons (Fsp3) is 0.657. The van der Waals surface area contributed by atoms with Crippen molar-refractivity contribution >= 4 is 35.7 Å². The summed E-state index contributed by atoms with van der Waals surface area (Å²) in [6.45, 7) is 12.5. The van der Waals surface area contributed by atoms with Crippen LogP contribution in [0.15, 0.2) is 24.0 Å². The third-order valence-electron chi connectivity index (χ3n) is 7.14. The highest BCUT2D eigenvalue weighted by molar-refractivity contribution is 6.05. The summed E-state index contributed by atoms with van der Waals surface area (Å²) in [6.07, 6.45) is 2.80. The van der Waals surface area contributed by atoms with E-state index in [0.29, 0.717) is 19.5 Å². The van der Waals surface area contributed by atoms with Crippen LogP contribution >= 0.6 is 0 Å². The van der Waals surface area contributed by atoms with E-state index < -0.39 is 29.3 Å². The van der Waals surface area contributed by atoms with E-state index in [2.05, 4.69) is 15.6 Å². The number of rotatable bonds is 8. The number of hydrogen-bond donors (Lipinski definition) is 4. The number of nitrogens with zero attached hydrogens (tertiary/aromatic N) is 2. The van der Waals surface area contributed by atoms with Gasteiger partial charge in [0.1, 0.15) is 17.0 Å². The molecule has 0 bridgehead atoms. The number of hydrogen-bond acceptors (Lipinski definition) is 14. The highest BCUT2D eigenvalue weighted by atomic mass is 16.7. The molecule has 0 aliphatic carbocycles. The third kappa shape index (κ3) is 17.8. The molecule has 3 aliphatic heterocycles. The number of Topliss-reactive ketones (excluding diaryl/α,β-unsaturated/α-hetero) is 1. The van der Waals surface area contributed by atoms with Gasteiger partial charge in [0.25, 0.3) is 11.8 Å². The van der Waals surface area contributed by atoms with Crippen LogP contribution in [0.4, 0.5) is 9.59 Å². The van der Waals surface area contributed by atoms with Crippen LogP contribution in [0.1, 0.15) is 76.9 Å². The Labute approximate surface area is 311 Å². The second kappa shape index (κ2) is 22.7. The van der Waals surface area contributed by atoms with Crippen molar-refractivity contribution in [2.24, 2.45) is 5.73 Å². The summed E-state index contributed by atoms with van der Waals surface area (Å²) >= 11 is 0. The van der Waals surface area contributed by atoms with Crippen LogP contribution in [-0.4, -0.2) is 135 Å². The molecule has 5 N–H and O–H groups in total. The second-order valence-corrected chi connectivity index (χ2v) is 13.7.